The van der Waals surface area contributed by atoms with E-state index in [0.29, 0.717) is 35.4 Å². The summed E-state index contributed by atoms with van der Waals surface area (Å²) >= 11 is 0. The number of alkyl halides is 2. The predicted molar refractivity (Wildman–Crippen MR) is 98.4 cm³/mol. The molecule has 1 aromatic heterocycles. The Hall–Kier alpha value is -3.03. The Balaban J connectivity index is 1.47. The van der Waals surface area contributed by atoms with Gasteiger partial charge in [-0.2, -0.15) is 5.10 Å². The minimum Gasteiger partial charge on any atom is -0.322 e. The van der Waals surface area contributed by atoms with E-state index >= 15 is 0 Å². The van der Waals surface area contributed by atoms with Gasteiger partial charge in [-0.3, -0.25) is 4.90 Å². The van der Waals surface area contributed by atoms with Crippen LogP contribution in [0.5, 0.6) is 0 Å². The van der Waals surface area contributed by atoms with Crippen molar-refractivity contribution in [2.24, 2.45) is 5.92 Å². The number of rotatable bonds is 4. The molecule has 1 saturated carbocycles. The zero-order chi connectivity index (χ0) is 19.5. The van der Waals surface area contributed by atoms with Crippen LogP contribution < -0.4 is 4.90 Å². The first-order chi connectivity index (χ1) is 13.5. The van der Waals surface area contributed by atoms with Crippen LogP contribution in [0.2, 0.25) is 0 Å². The predicted octanol–water partition coefficient (Wildman–Crippen LogP) is 4.06. The van der Waals surface area contributed by atoms with Gasteiger partial charge < -0.3 is 4.90 Å². The number of nitrogens with zero attached hydrogens (tertiary/aromatic N) is 4. The van der Waals surface area contributed by atoms with Gasteiger partial charge in [0.25, 0.3) is 5.92 Å². The smallest absolute Gasteiger partial charge is 0.322 e. The summed E-state index contributed by atoms with van der Waals surface area (Å²) in [6.45, 7) is 0.900. The molecular weight excluding hydrogens is 369 g/mol. The van der Waals surface area contributed by atoms with Crippen LogP contribution in [0, 0.1) is 11.7 Å². The van der Waals surface area contributed by atoms with E-state index in [1.165, 1.54) is 15.6 Å². The summed E-state index contributed by atoms with van der Waals surface area (Å²) in [5.41, 5.74) is 1.64. The average molecular weight is 386 g/mol. The number of amides is 2. The fourth-order valence-electron chi connectivity index (χ4n) is 3.80. The molecule has 5 rings (SSSR count). The van der Waals surface area contributed by atoms with Crippen LogP contribution in [-0.4, -0.2) is 46.3 Å². The number of aromatic nitrogens is 2. The molecule has 0 spiro atoms. The molecule has 1 atom stereocenters. The van der Waals surface area contributed by atoms with Crippen LogP contribution in [0.15, 0.2) is 48.7 Å². The van der Waals surface area contributed by atoms with Gasteiger partial charge >= 0.3 is 6.03 Å². The van der Waals surface area contributed by atoms with Crippen molar-refractivity contribution in [3.8, 4) is 5.69 Å². The molecule has 0 radical (unpaired) electrons. The van der Waals surface area contributed by atoms with E-state index in [2.05, 4.69) is 5.10 Å². The van der Waals surface area contributed by atoms with E-state index in [-0.39, 0.29) is 19.0 Å². The van der Waals surface area contributed by atoms with Crippen molar-refractivity contribution >= 4 is 22.6 Å². The number of halogens is 3. The van der Waals surface area contributed by atoms with Crippen LogP contribution in [0.1, 0.15) is 6.42 Å². The number of urea groups is 1. The second-order valence-corrected chi connectivity index (χ2v) is 7.26. The van der Waals surface area contributed by atoms with Crippen LogP contribution in [0.4, 0.5) is 23.7 Å². The molecule has 1 saturated heterocycles. The quantitative estimate of drug-likeness (QED) is 0.679. The lowest BCUT2D eigenvalue weighted by Crippen LogP contribution is -2.33. The van der Waals surface area contributed by atoms with E-state index in [0.717, 1.165) is 0 Å². The first-order valence-electron chi connectivity index (χ1n) is 9.11. The highest BCUT2D eigenvalue weighted by Crippen LogP contribution is 2.49. The van der Waals surface area contributed by atoms with Gasteiger partial charge in [0.05, 0.1) is 17.4 Å². The van der Waals surface area contributed by atoms with E-state index in [4.69, 9.17) is 0 Å². The molecule has 8 heteroatoms. The van der Waals surface area contributed by atoms with Crippen LogP contribution in [-0.2, 0) is 0 Å². The van der Waals surface area contributed by atoms with Gasteiger partial charge in [-0.1, -0.05) is 18.2 Å². The van der Waals surface area contributed by atoms with Crippen molar-refractivity contribution in [1.29, 1.82) is 0 Å². The van der Waals surface area contributed by atoms with Crippen molar-refractivity contribution in [1.82, 2.24) is 14.7 Å². The second-order valence-electron chi connectivity index (χ2n) is 7.26. The number of fused-ring (bicyclic) bond motifs is 1. The van der Waals surface area contributed by atoms with Crippen molar-refractivity contribution in [3.63, 3.8) is 0 Å². The molecule has 3 aromatic rings. The molecule has 5 nitrogen and oxygen atoms in total. The molecule has 1 unspecified atom stereocenters. The van der Waals surface area contributed by atoms with Crippen molar-refractivity contribution in [2.45, 2.75) is 12.3 Å². The topological polar surface area (TPSA) is 41.4 Å². The van der Waals surface area contributed by atoms with Crippen molar-refractivity contribution in [2.75, 3.05) is 24.5 Å². The zero-order valence-corrected chi connectivity index (χ0v) is 14.9. The highest BCUT2D eigenvalue weighted by Gasteiger charge is 2.58. The maximum atomic E-state index is 14.2. The minimum atomic E-state index is -2.64. The monoisotopic (exact) mass is 386 g/mol. The van der Waals surface area contributed by atoms with Gasteiger partial charge in [0.15, 0.2) is 0 Å². The highest BCUT2D eigenvalue weighted by molar-refractivity contribution is 6.03. The Morgan fingerprint density at radius 3 is 2.57 bits per heavy atom. The summed E-state index contributed by atoms with van der Waals surface area (Å²) in [5, 5.41) is 5.01. The molecule has 2 aliphatic rings. The summed E-state index contributed by atoms with van der Waals surface area (Å²) in [6, 6.07) is 11.4. The summed E-state index contributed by atoms with van der Waals surface area (Å²) in [6.07, 6.45) is 1.45. The van der Waals surface area contributed by atoms with Crippen LogP contribution in [0.25, 0.3) is 16.6 Å². The normalized spacial score (nSPS) is 21.0. The molecular formula is C20H17F3N4O. The zero-order valence-electron chi connectivity index (χ0n) is 14.9. The molecule has 144 valence electrons. The molecule has 2 fully saturated rings. The van der Waals surface area contributed by atoms with Gasteiger partial charge in [-0.25, -0.2) is 22.6 Å². The third-order valence-corrected chi connectivity index (χ3v) is 5.45. The Morgan fingerprint density at radius 2 is 1.82 bits per heavy atom. The van der Waals surface area contributed by atoms with Gasteiger partial charge in [0, 0.05) is 37.4 Å². The second kappa shape index (κ2) is 5.98. The average Bonchev–Trinajstić information content (AvgIpc) is 2.99. The largest absolute Gasteiger partial charge is 0.324 e. The lowest BCUT2D eigenvalue weighted by atomic mass is 10.2. The number of anilines is 1. The SMILES string of the molecule is O=C1N(CC2CC2(F)F)CCN1c1cccc2c1cnn2-c1ccccc1F. The number of carbonyl (C=O) groups is 1. The molecule has 2 aromatic carbocycles. The van der Waals surface area contributed by atoms with Crippen LogP contribution >= 0.6 is 0 Å². The maximum absolute atomic E-state index is 14.2. The van der Waals surface area contributed by atoms with Crippen LogP contribution in [0.3, 0.4) is 0 Å². The fourth-order valence-corrected chi connectivity index (χ4v) is 3.80. The summed E-state index contributed by atoms with van der Waals surface area (Å²) < 4.78 is 42.1. The lowest BCUT2D eigenvalue weighted by Gasteiger charge is -2.19. The molecule has 2 heterocycles. The number of carbonyl (C=O) groups excluding carboxylic acids is 1. The first kappa shape index (κ1) is 17.1. The van der Waals surface area contributed by atoms with E-state index < -0.39 is 17.7 Å². The molecule has 28 heavy (non-hydrogen) atoms. The van der Waals surface area contributed by atoms with E-state index in [1.54, 1.807) is 47.5 Å². The number of hydrogen-bond acceptors (Lipinski definition) is 2. The van der Waals surface area contributed by atoms with Crippen molar-refractivity contribution < 1.29 is 18.0 Å². The Kier molecular flexibility index (Phi) is 3.65. The standard InChI is InChI=1S/C20H17F3N4O/c21-15-4-1-2-5-18(15)27-17-7-3-6-16(14(17)11-24-27)26-9-8-25(19(26)28)12-13-10-20(13,22)23/h1-7,11,13H,8-10,12H2. The Bertz CT molecular complexity index is 1080. The highest BCUT2D eigenvalue weighted by atomic mass is 19.3. The Labute approximate surface area is 158 Å². The van der Waals surface area contributed by atoms with Gasteiger partial charge in [-0.05, 0) is 24.3 Å². The summed E-state index contributed by atoms with van der Waals surface area (Å²) in [5.74, 6) is -3.78. The van der Waals surface area contributed by atoms with Gasteiger partial charge in [0.2, 0.25) is 0 Å². The molecule has 2 amide bonds. The lowest BCUT2D eigenvalue weighted by molar-refractivity contribution is 0.0924. The number of benzene rings is 2. The third kappa shape index (κ3) is 2.63. The Morgan fingerprint density at radius 1 is 1.07 bits per heavy atom. The third-order valence-electron chi connectivity index (χ3n) is 5.45. The molecule has 0 bridgehead atoms. The molecule has 1 aliphatic carbocycles. The van der Waals surface area contributed by atoms with E-state index in [9.17, 15) is 18.0 Å². The van der Waals surface area contributed by atoms with E-state index in [1.807, 2.05) is 0 Å². The molecule has 1 aliphatic heterocycles. The number of para-hydroxylation sites is 1. The summed E-state index contributed by atoms with van der Waals surface area (Å²) in [7, 11) is 0. The first-order valence-corrected chi connectivity index (χ1v) is 9.11. The minimum absolute atomic E-state index is 0.0762. The molecule has 0 N–H and O–H groups in total. The van der Waals surface area contributed by atoms with Gasteiger partial charge in [0.1, 0.15) is 11.5 Å². The summed E-state index contributed by atoms with van der Waals surface area (Å²) in [4.78, 5) is 15.8. The number of hydrogen-bond donors (Lipinski definition) is 0. The van der Waals surface area contributed by atoms with Gasteiger partial charge in [-0.15, -0.1) is 0 Å². The maximum Gasteiger partial charge on any atom is 0.324 e. The fraction of sp³-hybridized carbons (Fsp3) is 0.300. The van der Waals surface area contributed by atoms with Crippen molar-refractivity contribution in [3.05, 3.63) is 54.5 Å².